The predicted octanol–water partition coefficient (Wildman–Crippen LogP) is 3.34. The van der Waals surface area contributed by atoms with Crippen LogP contribution in [0.2, 0.25) is 0 Å². The van der Waals surface area contributed by atoms with Crippen LogP contribution in [0.3, 0.4) is 0 Å². The zero-order valence-corrected chi connectivity index (χ0v) is 14.3. The largest absolute Gasteiger partial charge is 0.462 e. The Morgan fingerprint density at radius 1 is 1.20 bits per heavy atom. The molecule has 2 aromatic heterocycles. The summed E-state index contributed by atoms with van der Waals surface area (Å²) in [5, 5.41) is 4.39. The van der Waals surface area contributed by atoms with Crippen molar-refractivity contribution in [3.8, 4) is 5.69 Å². The summed E-state index contributed by atoms with van der Waals surface area (Å²) in [6, 6.07) is 14.5. The first kappa shape index (κ1) is 16.1. The van der Waals surface area contributed by atoms with Gasteiger partial charge >= 0.3 is 0 Å². The van der Waals surface area contributed by atoms with Crippen molar-refractivity contribution >= 4 is 0 Å². The number of aromatic nitrogens is 3. The minimum Gasteiger partial charge on any atom is -0.462 e. The summed E-state index contributed by atoms with van der Waals surface area (Å²) in [5.74, 6) is 2.83. The first-order valence-electron chi connectivity index (χ1n) is 8.61. The predicted molar refractivity (Wildman–Crippen MR) is 93.2 cm³/mol. The molecule has 3 heterocycles. The van der Waals surface area contributed by atoms with Gasteiger partial charge in [0.2, 0.25) is 0 Å². The number of furan rings is 1. The van der Waals surface area contributed by atoms with E-state index in [0.29, 0.717) is 6.61 Å². The Labute approximate surface area is 147 Å². The topological polar surface area (TPSA) is 56.3 Å². The number of likely N-dealkylation sites (tertiary alicyclic amines) is 1. The van der Waals surface area contributed by atoms with Gasteiger partial charge in [-0.3, -0.25) is 4.90 Å². The Bertz CT molecular complexity index is 812. The lowest BCUT2D eigenvalue weighted by Crippen LogP contribution is -2.24. The smallest absolute Gasteiger partial charge is 0.146 e. The van der Waals surface area contributed by atoms with Crippen LogP contribution < -0.4 is 0 Å². The Morgan fingerprint density at radius 3 is 2.92 bits per heavy atom. The molecule has 1 aliphatic rings. The van der Waals surface area contributed by atoms with Crippen LogP contribution in [0.1, 0.15) is 36.2 Å². The Kier molecular flexibility index (Phi) is 4.63. The maximum Gasteiger partial charge on any atom is 0.146 e. The van der Waals surface area contributed by atoms with E-state index >= 15 is 0 Å². The van der Waals surface area contributed by atoms with Crippen LogP contribution in [-0.4, -0.2) is 33.3 Å². The van der Waals surface area contributed by atoms with E-state index in [-0.39, 0.29) is 6.04 Å². The molecule has 1 atom stereocenters. The van der Waals surface area contributed by atoms with Crippen molar-refractivity contribution in [3.63, 3.8) is 0 Å². The van der Waals surface area contributed by atoms with E-state index in [1.54, 1.807) is 13.4 Å². The maximum atomic E-state index is 5.96. The lowest BCUT2D eigenvalue weighted by molar-refractivity contribution is 0.155. The highest BCUT2D eigenvalue weighted by molar-refractivity contribution is 5.30. The van der Waals surface area contributed by atoms with E-state index in [4.69, 9.17) is 9.15 Å². The Hall–Kier alpha value is -2.44. The number of nitrogens with zero attached hydrogens (tertiary/aromatic N) is 4. The molecule has 0 N–H and O–H groups in total. The molecule has 6 nitrogen and oxygen atoms in total. The third-order valence-corrected chi connectivity index (χ3v) is 4.62. The van der Waals surface area contributed by atoms with E-state index in [1.165, 1.54) is 0 Å². The molecule has 0 amide bonds. The molecule has 1 aromatic carbocycles. The normalized spacial score (nSPS) is 18.0. The van der Waals surface area contributed by atoms with E-state index in [0.717, 1.165) is 49.0 Å². The highest BCUT2D eigenvalue weighted by Gasteiger charge is 2.29. The number of para-hydroxylation sites is 1. The van der Waals surface area contributed by atoms with Crippen LogP contribution in [0, 0.1) is 0 Å². The fraction of sp³-hybridized carbons (Fsp3) is 0.368. The quantitative estimate of drug-likeness (QED) is 0.690. The summed E-state index contributed by atoms with van der Waals surface area (Å²) in [4.78, 5) is 6.89. The summed E-state index contributed by atoms with van der Waals surface area (Å²) >= 11 is 0. The highest BCUT2D eigenvalue weighted by atomic mass is 16.5. The minimum atomic E-state index is 0.284. The molecule has 1 fully saturated rings. The lowest BCUT2D eigenvalue weighted by atomic mass is 10.1. The van der Waals surface area contributed by atoms with Gasteiger partial charge in [0.25, 0.3) is 0 Å². The van der Waals surface area contributed by atoms with Gasteiger partial charge in [0.15, 0.2) is 0 Å². The SMILES string of the molecule is COCc1ccc([C@@H]2CCCN2Cc2ncnn2-c2ccccc2)o1. The van der Waals surface area contributed by atoms with Gasteiger partial charge in [0, 0.05) is 7.11 Å². The average molecular weight is 338 g/mol. The molecule has 0 unspecified atom stereocenters. The van der Waals surface area contributed by atoms with Gasteiger partial charge in [0.05, 0.1) is 18.3 Å². The molecule has 25 heavy (non-hydrogen) atoms. The minimum absolute atomic E-state index is 0.284. The second-order valence-electron chi connectivity index (χ2n) is 6.29. The van der Waals surface area contributed by atoms with E-state index in [2.05, 4.69) is 21.0 Å². The second kappa shape index (κ2) is 7.21. The molecular weight excluding hydrogens is 316 g/mol. The molecule has 4 rings (SSSR count). The van der Waals surface area contributed by atoms with Crippen LogP contribution in [0.15, 0.2) is 53.2 Å². The van der Waals surface area contributed by atoms with E-state index in [9.17, 15) is 0 Å². The van der Waals surface area contributed by atoms with Gasteiger partial charge in [-0.1, -0.05) is 18.2 Å². The highest BCUT2D eigenvalue weighted by Crippen LogP contribution is 2.34. The number of ether oxygens (including phenoxy) is 1. The lowest BCUT2D eigenvalue weighted by Gasteiger charge is -2.22. The van der Waals surface area contributed by atoms with Gasteiger partial charge in [-0.05, 0) is 43.7 Å². The van der Waals surface area contributed by atoms with Crippen LogP contribution in [-0.2, 0) is 17.9 Å². The van der Waals surface area contributed by atoms with Crippen LogP contribution in [0.5, 0.6) is 0 Å². The zero-order valence-electron chi connectivity index (χ0n) is 14.3. The van der Waals surface area contributed by atoms with Crippen LogP contribution >= 0.6 is 0 Å². The Balaban J connectivity index is 1.53. The third-order valence-electron chi connectivity index (χ3n) is 4.62. The summed E-state index contributed by atoms with van der Waals surface area (Å²) in [5.41, 5.74) is 1.03. The van der Waals surface area contributed by atoms with Gasteiger partial charge < -0.3 is 9.15 Å². The molecule has 3 aromatic rings. The van der Waals surface area contributed by atoms with Gasteiger partial charge in [-0.25, -0.2) is 9.67 Å². The van der Waals surface area contributed by atoms with Crippen molar-refractivity contribution in [2.24, 2.45) is 0 Å². The third kappa shape index (κ3) is 3.36. The van der Waals surface area contributed by atoms with Crippen molar-refractivity contribution in [2.45, 2.75) is 32.0 Å². The molecule has 130 valence electrons. The molecule has 1 aliphatic heterocycles. The van der Waals surface area contributed by atoms with Crippen molar-refractivity contribution in [1.82, 2.24) is 19.7 Å². The van der Waals surface area contributed by atoms with Gasteiger partial charge in [-0.2, -0.15) is 5.10 Å². The molecular formula is C19H22N4O2. The standard InChI is InChI=1S/C19H22N4O2/c1-24-13-16-9-10-18(25-16)17-8-5-11-22(17)12-19-20-14-21-23(19)15-6-3-2-4-7-15/h2-4,6-7,9-10,14,17H,5,8,11-13H2,1H3/t17-/m0/s1. The number of rotatable bonds is 6. The van der Waals surface area contributed by atoms with Crippen molar-refractivity contribution < 1.29 is 9.15 Å². The fourth-order valence-corrected chi connectivity index (χ4v) is 3.47. The second-order valence-corrected chi connectivity index (χ2v) is 6.29. The summed E-state index contributed by atoms with van der Waals surface area (Å²) in [7, 11) is 1.68. The molecule has 1 saturated heterocycles. The summed E-state index contributed by atoms with van der Waals surface area (Å²) in [6.45, 7) is 2.29. The van der Waals surface area contributed by atoms with Crippen molar-refractivity contribution in [1.29, 1.82) is 0 Å². The molecule has 0 saturated carbocycles. The van der Waals surface area contributed by atoms with E-state index < -0.39 is 0 Å². The zero-order chi connectivity index (χ0) is 17.1. The van der Waals surface area contributed by atoms with Gasteiger partial charge in [-0.15, -0.1) is 0 Å². The van der Waals surface area contributed by atoms with Crippen molar-refractivity contribution in [3.05, 3.63) is 66.1 Å². The van der Waals surface area contributed by atoms with Crippen LogP contribution in [0.4, 0.5) is 0 Å². The van der Waals surface area contributed by atoms with E-state index in [1.807, 2.05) is 41.1 Å². The number of benzene rings is 1. The fourth-order valence-electron chi connectivity index (χ4n) is 3.47. The molecule has 0 radical (unpaired) electrons. The molecule has 0 spiro atoms. The molecule has 0 bridgehead atoms. The number of hydrogen-bond donors (Lipinski definition) is 0. The Morgan fingerprint density at radius 2 is 2.08 bits per heavy atom. The first-order valence-corrected chi connectivity index (χ1v) is 8.61. The number of methoxy groups -OCH3 is 1. The molecule has 6 heteroatoms. The number of hydrogen-bond acceptors (Lipinski definition) is 5. The molecule has 0 aliphatic carbocycles. The van der Waals surface area contributed by atoms with Crippen molar-refractivity contribution in [2.75, 3.05) is 13.7 Å². The van der Waals surface area contributed by atoms with Crippen LogP contribution in [0.25, 0.3) is 5.69 Å². The summed E-state index contributed by atoms with van der Waals surface area (Å²) in [6.07, 6.45) is 3.88. The summed E-state index contributed by atoms with van der Waals surface area (Å²) < 4.78 is 13.0. The van der Waals surface area contributed by atoms with Gasteiger partial charge in [0.1, 0.15) is 30.3 Å². The maximum absolute atomic E-state index is 5.96. The average Bonchev–Trinajstić information content (AvgIpc) is 3.37. The first-order chi connectivity index (χ1) is 12.3. The monoisotopic (exact) mass is 338 g/mol.